The van der Waals surface area contributed by atoms with Gasteiger partial charge in [0.25, 0.3) is 5.91 Å². The Kier molecular flexibility index (Phi) is 3.60. The van der Waals surface area contributed by atoms with E-state index in [4.69, 9.17) is 11.6 Å². The zero-order chi connectivity index (χ0) is 18.5. The summed E-state index contributed by atoms with van der Waals surface area (Å²) in [6, 6.07) is 12.1. The highest BCUT2D eigenvalue weighted by Crippen LogP contribution is 2.44. The lowest BCUT2D eigenvalue weighted by molar-refractivity contribution is -0.434. The Morgan fingerprint density at radius 1 is 1.23 bits per heavy atom. The van der Waals surface area contributed by atoms with Crippen molar-refractivity contribution in [3.8, 4) is 0 Å². The standard InChI is InChI=1S/C17H14ClN5O3/c1-9-4-2-3-5-12(9)19-15-14(23(25)26)17(22-21-15)11-8-10(18)6-7-13(11)20-16(17)24/h2-8,19,21-22H,1H3,(H,20,24). The van der Waals surface area contributed by atoms with Crippen LogP contribution in [0.25, 0.3) is 0 Å². The number of amides is 1. The highest BCUT2D eigenvalue weighted by Gasteiger charge is 2.61. The third-order valence-corrected chi connectivity index (χ3v) is 4.76. The minimum atomic E-state index is -1.67. The molecule has 2 aliphatic heterocycles. The molecule has 132 valence electrons. The van der Waals surface area contributed by atoms with Gasteiger partial charge in [0.15, 0.2) is 5.82 Å². The number of halogens is 1. The van der Waals surface area contributed by atoms with Crippen LogP contribution in [-0.2, 0) is 10.3 Å². The maximum atomic E-state index is 12.7. The van der Waals surface area contributed by atoms with E-state index in [1.165, 1.54) is 0 Å². The van der Waals surface area contributed by atoms with E-state index in [-0.39, 0.29) is 11.5 Å². The highest BCUT2D eigenvalue weighted by atomic mass is 35.5. The minimum absolute atomic E-state index is 0.104. The first-order valence-electron chi connectivity index (χ1n) is 7.80. The van der Waals surface area contributed by atoms with E-state index in [0.717, 1.165) is 5.56 Å². The number of hydrogen-bond acceptors (Lipinski definition) is 6. The van der Waals surface area contributed by atoms with Crippen molar-refractivity contribution in [2.45, 2.75) is 12.5 Å². The van der Waals surface area contributed by atoms with Gasteiger partial charge >= 0.3 is 5.70 Å². The molecule has 2 aliphatic rings. The fourth-order valence-electron chi connectivity index (χ4n) is 3.26. The molecular weight excluding hydrogens is 358 g/mol. The molecule has 9 heteroatoms. The van der Waals surface area contributed by atoms with E-state index in [0.29, 0.717) is 22.0 Å². The minimum Gasteiger partial charge on any atom is -0.335 e. The molecule has 4 N–H and O–H groups in total. The van der Waals surface area contributed by atoms with Crippen molar-refractivity contribution >= 4 is 28.9 Å². The first-order valence-corrected chi connectivity index (χ1v) is 8.18. The average Bonchev–Trinajstić information content (AvgIpc) is 3.10. The van der Waals surface area contributed by atoms with E-state index < -0.39 is 16.4 Å². The van der Waals surface area contributed by atoms with E-state index in [1.807, 2.05) is 25.1 Å². The van der Waals surface area contributed by atoms with E-state index in [1.54, 1.807) is 24.3 Å². The van der Waals surface area contributed by atoms with Gasteiger partial charge in [-0.25, -0.2) is 5.43 Å². The van der Waals surface area contributed by atoms with Crippen LogP contribution in [0.5, 0.6) is 0 Å². The molecule has 26 heavy (non-hydrogen) atoms. The Hall–Kier alpha value is -3.10. The third-order valence-electron chi connectivity index (χ3n) is 4.53. The quantitative estimate of drug-likeness (QED) is 0.487. The monoisotopic (exact) mass is 371 g/mol. The van der Waals surface area contributed by atoms with Crippen molar-refractivity contribution in [3.05, 3.63) is 80.2 Å². The fraction of sp³-hybridized carbons (Fsp3) is 0.118. The maximum Gasteiger partial charge on any atom is 0.323 e. The van der Waals surface area contributed by atoms with Gasteiger partial charge in [0.1, 0.15) is 0 Å². The SMILES string of the molecule is Cc1ccccc1NC1=C([N+](=O)[O-])C2(NN1)C(=O)Nc1ccc(Cl)cc12. The Bertz CT molecular complexity index is 990. The first-order chi connectivity index (χ1) is 12.4. The Labute approximate surface area is 153 Å². The molecule has 2 aromatic rings. The van der Waals surface area contributed by atoms with Gasteiger partial charge in [-0.15, -0.1) is 0 Å². The average molecular weight is 372 g/mol. The van der Waals surface area contributed by atoms with Gasteiger partial charge in [-0.1, -0.05) is 29.8 Å². The molecular formula is C17H14ClN5O3. The van der Waals surface area contributed by atoms with Crippen molar-refractivity contribution < 1.29 is 9.72 Å². The number of fused-ring (bicyclic) bond motifs is 2. The summed E-state index contributed by atoms with van der Waals surface area (Å²) in [6.45, 7) is 1.88. The smallest absolute Gasteiger partial charge is 0.323 e. The van der Waals surface area contributed by atoms with Crippen molar-refractivity contribution in [1.82, 2.24) is 10.9 Å². The summed E-state index contributed by atoms with van der Waals surface area (Å²) in [5.74, 6) is -0.442. The summed E-state index contributed by atoms with van der Waals surface area (Å²) >= 11 is 6.06. The summed E-state index contributed by atoms with van der Waals surface area (Å²) < 4.78 is 0. The molecule has 0 aliphatic carbocycles. The van der Waals surface area contributed by atoms with Crippen LogP contribution in [0.2, 0.25) is 5.02 Å². The van der Waals surface area contributed by atoms with Crippen LogP contribution < -0.4 is 21.5 Å². The van der Waals surface area contributed by atoms with Crippen LogP contribution in [0, 0.1) is 17.0 Å². The molecule has 2 heterocycles. The van der Waals surface area contributed by atoms with Crippen molar-refractivity contribution in [3.63, 3.8) is 0 Å². The number of para-hydroxylation sites is 1. The van der Waals surface area contributed by atoms with Crippen molar-refractivity contribution in [2.24, 2.45) is 0 Å². The van der Waals surface area contributed by atoms with E-state index in [2.05, 4.69) is 21.5 Å². The lowest BCUT2D eigenvalue weighted by Crippen LogP contribution is -2.50. The summed E-state index contributed by atoms with van der Waals surface area (Å²) in [4.78, 5) is 24.1. The number of aryl methyl sites for hydroxylation is 1. The number of hydrazine groups is 1. The Balaban J connectivity index is 1.88. The largest absolute Gasteiger partial charge is 0.335 e. The Morgan fingerprint density at radius 2 is 2.00 bits per heavy atom. The number of benzene rings is 2. The van der Waals surface area contributed by atoms with Gasteiger partial charge in [-0.05, 0) is 36.8 Å². The van der Waals surface area contributed by atoms with Crippen LogP contribution in [0.3, 0.4) is 0 Å². The molecule has 0 fully saturated rings. The molecule has 0 bridgehead atoms. The maximum absolute atomic E-state index is 12.7. The summed E-state index contributed by atoms with van der Waals surface area (Å²) in [5, 5.41) is 18.0. The number of carbonyl (C=O) groups excluding carboxylic acids is 1. The second-order valence-corrected chi connectivity index (χ2v) is 6.50. The van der Waals surface area contributed by atoms with Gasteiger partial charge in [0.05, 0.1) is 4.92 Å². The molecule has 0 radical (unpaired) electrons. The normalized spacial score (nSPS) is 20.8. The van der Waals surface area contributed by atoms with Gasteiger partial charge < -0.3 is 10.6 Å². The lowest BCUT2D eigenvalue weighted by atomic mass is 9.89. The topological polar surface area (TPSA) is 108 Å². The molecule has 0 saturated heterocycles. The number of anilines is 2. The van der Waals surface area contributed by atoms with Crippen LogP contribution in [-0.4, -0.2) is 10.8 Å². The second kappa shape index (κ2) is 5.72. The number of carbonyl (C=O) groups is 1. The molecule has 1 amide bonds. The molecule has 1 unspecified atom stereocenters. The highest BCUT2D eigenvalue weighted by molar-refractivity contribution is 6.31. The van der Waals surface area contributed by atoms with Gasteiger partial charge in [0, 0.05) is 22.0 Å². The van der Waals surface area contributed by atoms with Crippen LogP contribution in [0.15, 0.2) is 54.0 Å². The molecule has 0 aromatic heterocycles. The summed E-state index contributed by atoms with van der Waals surface area (Å²) in [7, 11) is 0. The van der Waals surface area contributed by atoms with Crippen molar-refractivity contribution in [2.75, 3.05) is 10.6 Å². The zero-order valence-electron chi connectivity index (χ0n) is 13.6. The Morgan fingerprint density at radius 3 is 2.73 bits per heavy atom. The molecule has 1 atom stereocenters. The molecule has 8 nitrogen and oxygen atoms in total. The van der Waals surface area contributed by atoms with Crippen molar-refractivity contribution in [1.29, 1.82) is 0 Å². The summed E-state index contributed by atoms with van der Waals surface area (Å²) in [6.07, 6.45) is 0. The van der Waals surface area contributed by atoms with Gasteiger partial charge in [-0.2, -0.15) is 0 Å². The van der Waals surface area contributed by atoms with Crippen LogP contribution in [0.1, 0.15) is 11.1 Å². The fourth-order valence-corrected chi connectivity index (χ4v) is 3.43. The predicted octanol–water partition coefficient (Wildman–Crippen LogP) is 2.46. The predicted molar refractivity (Wildman–Crippen MR) is 96.9 cm³/mol. The van der Waals surface area contributed by atoms with Crippen LogP contribution in [0.4, 0.5) is 11.4 Å². The number of nitrogens with one attached hydrogen (secondary N) is 4. The second-order valence-electron chi connectivity index (χ2n) is 6.06. The number of nitrogens with zero attached hydrogens (tertiary/aromatic N) is 1. The summed E-state index contributed by atoms with van der Waals surface area (Å²) in [5.41, 5.74) is 6.03. The van der Waals surface area contributed by atoms with E-state index in [9.17, 15) is 14.9 Å². The van der Waals surface area contributed by atoms with Crippen LogP contribution >= 0.6 is 11.6 Å². The third kappa shape index (κ3) is 2.23. The molecule has 0 saturated carbocycles. The lowest BCUT2D eigenvalue weighted by Gasteiger charge is -2.19. The first kappa shape index (κ1) is 16.4. The molecule has 2 aromatic carbocycles. The van der Waals surface area contributed by atoms with E-state index >= 15 is 0 Å². The number of hydrogen-bond donors (Lipinski definition) is 4. The van der Waals surface area contributed by atoms with Gasteiger partial charge in [-0.3, -0.25) is 20.3 Å². The number of rotatable bonds is 3. The van der Waals surface area contributed by atoms with Gasteiger partial charge in [0.2, 0.25) is 5.54 Å². The molecule has 4 rings (SSSR count). The molecule has 1 spiro atoms. The zero-order valence-corrected chi connectivity index (χ0v) is 14.3. The number of nitro groups is 1.